The molecule has 0 aliphatic carbocycles. The van der Waals surface area contributed by atoms with Crippen molar-refractivity contribution < 1.29 is 14.2 Å². The van der Waals surface area contributed by atoms with E-state index < -0.39 is 5.82 Å². The summed E-state index contributed by atoms with van der Waals surface area (Å²) in [4.78, 5) is 14.9. The van der Waals surface area contributed by atoms with Crippen molar-refractivity contribution in [2.24, 2.45) is 5.10 Å². The Morgan fingerprint density at radius 3 is 2.74 bits per heavy atom. The van der Waals surface area contributed by atoms with Gasteiger partial charge in [0.1, 0.15) is 5.75 Å². The van der Waals surface area contributed by atoms with E-state index >= 15 is 0 Å². The third-order valence-electron chi connectivity index (χ3n) is 6.28. The molecule has 0 saturated carbocycles. The predicted molar refractivity (Wildman–Crippen MR) is 151 cm³/mol. The van der Waals surface area contributed by atoms with Gasteiger partial charge in [-0.3, -0.25) is 0 Å². The molecule has 0 bridgehead atoms. The first-order valence-corrected chi connectivity index (χ1v) is 12.9. The summed E-state index contributed by atoms with van der Waals surface area (Å²) >= 11 is 0. The fraction of sp³-hybridized carbons (Fsp3) is 0.241. The summed E-state index contributed by atoms with van der Waals surface area (Å²) in [6.07, 6.45) is 4.27. The van der Waals surface area contributed by atoms with Gasteiger partial charge in [0.15, 0.2) is 11.6 Å². The van der Waals surface area contributed by atoms with E-state index in [-0.39, 0.29) is 17.5 Å². The Balaban J connectivity index is 1.24. The molecule has 3 heterocycles. The van der Waals surface area contributed by atoms with Crippen LogP contribution in [-0.2, 0) is 11.2 Å². The van der Waals surface area contributed by atoms with Gasteiger partial charge in [0.2, 0.25) is 5.95 Å². The lowest BCUT2D eigenvalue weighted by molar-refractivity contribution is 0.152. The molecule has 1 fully saturated rings. The molecule has 4 aromatic rings. The number of aromatic nitrogens is 3. The quantitative estimate of drug-likeness (QED) is 0.208. The number of phenols is 1. The number of aryl methyl sites for hydroxylation is 1. The van der Waals surface area contributed by atoms with Crippen LogP contribution in [0.4, 0.5) is 27.5 Å². The van der Waals surface area contributed by atoms with Crippen molar-refractivity contribution in [1.82, 2.24) is 15.0 Å². The third-order valence-corrected chi connectivity index (χ3v) is 6.28. The summed E-state index contributed by atoms with van der Waals surface area (Å²) < 4.78 is 19.8. The number of anilines is 4. The Labute approximate surface area is 226 Å². The molecule has 2 aromatic heterocycles. The average molecular weight is 528 g/mol. The van der Waals surface area contributed by atoms with Gasteiger partial charge in [-0.25, -0.2) is 19.8 Å². The Bertz CT molecular complexity index is 1440. The van der Waals surface area contributed by atoms with Crippen LogP contribution in [0.3, 0.4) is 0 Å². The van der Waals surface area contributed by atoms with Crippen LogP contribution in [0.25, 0.3) is 11.1 Å². The number of halogens is 1. The second-order valence-corrected chi connectivity index (χ2v) is 9.02. The maximum atomic E-state index is 14.4. The molecule has 200 valence electrons. The number of hydrogen-bond acceptors (Lipinski definition) is 9. The van der Waals surface area contributed by atoms with E-state index in [2.05, 4.69) is 25.8 Å². The van der Waals surface area contributed by atoms with Crippen LogP contribution < -0.4 is 15.6 Å². The van der Waals surface area contributed by atoms with Gasteiger partial charge in [0, 0.05) is 25.4 Å². The van der Waals surface area contributed by atoms with E-state index in [1.807, 2.05) is 60.4 Å². The highest BCUT2D eigenvalue weighted by Gasteiger charge is 2.17. The summed E-state index contributed by atoms with van der Waals surface area (Å²) in [7, 11) is 0. The van der Waals surface area contributed by atoms with E-state index in [9.17, 15) is 9.50 Å². The highest BCUT2D eigenvalue weighted by molar-refractivity contribution is 5.79. The first-order valence-electron chi connectivity index (χ1n) is 12.9. The lowest BCUT2D eigenvalue weighted by Crippen LogP contribution is -2.28. The van der Waals surface area contributed by atoms with E-state index in [4.69, 9.17) is 9.72 Å². The number of phenolic OH excluding ortho intramolecular Hbond substituents is 1. The average Bonchev–Trinajstić information content (AvgIpc) is 3.25. The van der Waals surface area contributed by atoms with Gasteiger partial charge in [0.05, 0.1) is 36.1 Å². The number of nitrogens with zero attached hydrogens (tertiary/aromatic N) is 5. The fourth-order valence-electron chi connectivity index (χ4n) is 4.31. The maximum absolute atomic E-state index is 14.4. The predicted octanol–water partition coefficient (Wildman–Crippen LogP) is 5.36. The number of ether oxygens (including phenoxy) is 1. The van der Waals surface area contributed by atoms with Crippen LogP contribution in [0.5, 0.6) is 5.75 Å². The summed E-state index contributed by atoms with van der Waals surface area (Å²) in [5.74, 6) is 0.212. The molecule has 9 nitrogen and oxygen atoms in total. The number of benzene rings is 2. The van der Waals surface area contributed by atoms with Gasteiger partial charge in [-0.2, -0.15) is 10.1 Å². The molecule has 1 saturated heterocycles. The zero-order chi connectivity index (χ0) is 27.0. The van der Waals surface area contributed by atoms with Crippen molar-refractivity contribution >= 4 is 29.4 Å². The molecule has 1 aliphatic rings. The lowest BCUT2D eigenvalue weighted by atomic mass is 10.1. The number of aromatic hydroxyl groups is 1. The SMILES string of the molecule is CCc1nc(/C=N/Nc2ncc(F)c(N3CCCOCC3)n2)ccc1Nc1ccc(-c2cccc(O)c2)cc1. The van der Waals surface area contributed by atoms with Crippen LogP contribution in [-0.4, -0.2) is 52.6 Å². The molecule has 5 rings (SSSR count). The van der Waals surface area contributed by atoms with Gasteiger partial charge < -0.3 is 20.1 Å². The zero-order valence-corrected chi connectivity index (χ0v) is 21.6. The molecule has 1 aliphatic heterocycles. The first kappa shape index (κ1) is 26.1. The van der Waals surface area contributed by atoms with Crippen molar-refractivity contribution in [1.29, 1.82) is 0 Å². The largest absolute Gasteiger partial charge is 0.508 e. The number of hydrogen-bond donors (Lipinski definition) is 3. The smallest absolute Gasteiger partial charge is 0.245 e. The van der Waals surface area contributed by atoms with E-state index in [0.717, 1.165) is 47.2 Å². The molecular weight excluding hydrogens is 497 g/mol. The number of pyridine rings is 1. The Hall–Kier alpha value is -4.57. The molecular formula is C29H30FN7O2. The van der Waals surface area contributed by atoms with E-state index in [1.165, 1.54) is 0 Å². The van der Waals surface area contributed by atoms with Gasteiger partial charge in [-0.05, 0) is 60.4 Å². The third kappa shape index (κ3) is 6.66. The summed E-state index contributed by atoms with van der Waals surface area (Å²) in [5.41, 5.74) is 8.13. The summed E-state index contributed by atoms with van der Waals surface area (Å²) in [5, 5.41) is 17.4. The Kier molecular flexibility index (Phi) is 8.23. The highest BCUT2D eigenvalue weighted by atomic mass is 19.1. The van der Waals surface area contributed by atoms with Crippen LogP contribution >= 0.6 is 0 Å². The summed E-state index contributed by atoms with van der Waals surface area (Å²) in [6.45, 7) is 4.47. The molecule has 0 amide bonds. The molecule has 2 aromatic carbocycles. The highest BCUT2D eigenvalue weighted by Crippen LogP contribution is 2.27. The van der Waals surface area contributed by atoms with Gasteiger partial charge >= 0.3 is 0 Å². The molecule has 10 heteroatoms. The summed E-state index contributed by atoms with van der Waals surface area (Å²) in [6, 6.07) is 19.0. The Morgan fingerprint density at radius 2 is 1.92 bits per heavy atom. The minimum atomic E-state index is -0.474. The standard InChI is InChI=1S/C29H30FN7O2/c1-2-26-27(33-22-9-7-20(8-10-22)21-5-3-6-24(38)17-21)12-11-23(34-26)18-32-36-29-31-19-25(30)28(35-29)37-13-4-15-39-16-14-37/h3,5-12,17-19,33,38H,2,4,13-16H2,1H3,(H,31,35,36)/b32-18+. The molecule has 0 unspecified atom stereocenters. The zero-order valence-electron chi connectivity index (χ0n) is 21.6. The van der Waals surface area contributed by atoms with Crippen molar-refractivity contribution in [3.05, 3.63) is 84.1 Å². The van der Waals surface area contributed by atoms with Crippen LogP contribution in [0.15, 0.2) is 72.0 Å². The number of nitrogens with one attached hydrogen (secondary N) is 2. The molecule has 0 atom stereocenters. The van der Waals surface area contributed by atoms with Crippen molar-refractivity contribution in [2.45, 2.75) is 19.8 Å². The van der Waals surface area contributed by atoms with Crippen molar-refractivity contribution in [3.8, 4) is 16.9 Å². The van der Waals surface area contributed by atoms with Gasteiger partial charge in [-0.15, -0.1) is 0 Å². The maximum Gasteiger partial charge on any atom is 0.245 e. The van der Waals surface area contributed by atoms with Crippen LogP contribution in [0, 0.1) is 5.82 Å². The minimum absolute atomic E-state index is 0.205. The molecule has 3 N–H and O–H groups in total. The minimum Gasteiger partial charge on any atom is -0.508 e. The fourth-order valence-corrected chi connectivity index (χ4v) is 4.31. The Morgan fingerprint density at radius 1 is 1.05 bits per heavy atom. The van der Waals surface area contributed by atoms with E-state index in [1.54, 1.807) is 18.3 Å². The molecule has 39 heavy (non-hydrogen) atoms. The number of hydrazone groups is 1. The molecule has 0 radical (unpaired) electrons. The topological polar surface area (TPSA) is 108 Å². The normalized spacial score (nSPS) is 13.8. The lowest BCUT2D eigenvalue weighted by Gasteiger charge is -2.21. The number of rotatable bonds is 8. The first-order chi connectivity index (χ1) is 19.1. The van der Waals surface area contributed by atoms with Gasteiger partial charge in [-0.1, -0.05) is 31.2 Å². The van der Waals surface area contributed by atoms with Crippen LogP contribution in [0.2, 0.25) is 0 Å². The van der Waals surface area contributed by atoms with Crippen molar-refractivity contribution in [2.75, 3.05) is 41.9 Å². The van der Waals surface area contributed by atoms with Gasteiger partial charge in [0.25, 0.3) is 0 Å². The van der Waals surface area contributed by atoms with Crippen LogP contribution in [0.1, 0.15) is 24.7 Å². The second-order valence-electron chi connectivity index (χ2n) is 9.02. The van der Waals surface area contributed by atoms with Crippen molar-refractivity contribution in [3.63, 3.8) is 0 Å². The molecule has 0 spiro atoms. The van der Waals surface area contributed by atoms with E-state index in [0.29, 0.717) is 32.0 Å². The monoisotopic (exact) mass is 527 g/mol. The second kappa shape index (κ2) is 12.3.